The minimum absolute atomic E-state index is 0.0274. The Bertz CT molecular complexity index is 346. The normalized spacial score (nSPS) is 12.5. The molecule has 4 heteroatoms. The highest BCUT2D eigenvalue weighted by Crippen LogP contribution is 2.20. The van der Waals surface area contributed by atoms with Gasteiger partial charge in [0.05, 0.1) is 6.04 Å². The van der Waals surface area contributed by atoms with Crippen molar-refractivity contribution in [2.45, 2.75) is 33.4 Å². The van der Waals surface area contributed by atoms with E-state index in [-0.39, 0.29) is 11.9 Å². The molecule has 1 heterocycles. The summed E-state index contributed by atoms with van der Waals surface area (Å²) >= 11 is 1.79. The van der Waals surface area contributed by atoms with Crippen LogP contribution in [0.4, 0.5) is 0 Å². The van der Waals surface area contributed by atoms with Crippen LogP contribution in [0.25, 0.3) is 0 Å². The Morgan fingerprint density at radius 2 is 2.20 bits per heavy atom. The molecule has 15 heavy (non-hydrogen) atoms. The van der Waals surface area contributed by atoms with Crippen molar-refractivity contribution < 1.29 is 4.79 Å². The number of nitrogens with one attached hydrogen (secondary N) is 2. The van der Waals surface area contributed by atoms with Gasteiger partial charge >= 0.3 is 0 Å². The van der Waals surface area contributed by atoms with Crippen LogP contribution in [-0.2, 0) is 11.3 Å². The molecule has 3 nitrogen and oxygen atoms in total. The first-order valence-electron chi connectivity index (χ1n) is 5.05. The van der Waals surface area contributed by atoms with Gasteiger partial charge in [-0.05, 0) is 32.4 Å². The molecule has 0 aliphatic carbocycles. The number of hydrogen-bond acceptors (Lipinski definition) is 3. The summed E-state index contributed by atoms with van der Waals surface area (Å²) in [5.74, 6) is 0.0274. The molecule has 1 unspecified atom stereocenters. The van der Waals surface area contributed by atoms with E-state index < -0.39 is 0 Å². The fraction of sp³-hybridized carbons (Fsp3) is 0.545. The van der Waals surface area contributed by atoms with Crippen molar-refractivity contribution in [2.24, 2.45) is 0 Å². The zero-order chi connectivity index (χ0) is 11.4. The quantitative estimate of drug-likeness (QED) is 0.818. The van der Waals surface area contributed by atoms with Crippen LogP contribution < -0.4 is 10.6 Å². The maximum Gasteiger partial charge on any atom is 0.236 e. The van der Waals surface area contributed by atoms with E-state index in [1.807, 2.05) is 6.92 Å². The van der Waals surface area contributed by atoms with Crippen LogP contribution in [0.2, 0.25) is 0 Å². The van der Waals surface area contributed by atoms with E-state index in [0.717, 1.165) is 6.54 Å². The first-order chi connectivity index (χ1) is 7.04. The van der Waals surface area contributed by atoms with Crippen molar-refractivity contribution in [3.8, 4) is 0 Å². The monoisotopic (exact) mass is 226 g/mol. The SMILES string of the molecule is CNC(=O)C(C)NCc1cc(C)sc1C. The van der Waals surface area contributed by atoms with Crippen LogP contribution in [0.5, 0.6) is 0 Å². The van der Waals surface area contributed by atoms with Crippen LogP contribution in [0.15, 0.2) is 6.07 Å². The number of likely N-dealkylation sites (N-methyl/N-ethyl adjacent to an activating group) is 1. The molecule has 0 bridgehead atoms. The molecule has 1 aromatic rings. The lowest BCUT2D eigenvalue weighted by molar-refractivity contribution is -0.122. The fourth-order valence-electron chi connectivity index (χ4n) is 1.43. The largest absolute Gasteiger partial charge is 0.358 e. The topological polar surface area (TPSA) is 41.1 Å². The van der Waals surface area contributed by atoms with Gasteiger partial charge in [-0.3, -0.25) is 4.79 Å². The van der Waals surface area contributed by atoms with E-state index in [1.165, 1.54) is 15.3 Å². The maximum absolute atomic E-state index is 11.3. The van der Waals surface area contributed by atoms with Gasteiger partial charge in [-0.2, -0.15) is 0 Å². The molecule has 0 spiro atoms. The Balaban J connectivity index is 2.50. The zero-order valence-corrected chi connectivity index (χ0v) is 10.5. The summed E-state index contributed by atoms with van der Waals surface area (Å²) in [5.41, 5.74) is 1.29. The lowest BCUT2D eigenvalue weighted by Crippen LogP contribution is -2.40. The van der Waals surface area contributed by atoms with Crippen molar-refractivity contribution in [1.82, 2.24) is 10.6 Å². The number of amides is 1. The highest BCUT2D eigenvalue weighted by Gasteiger charge is 2.10. The van der Waals surface area contributed by atoms with Crippen LogP contribution >= 0.6 is 11.3 Å². The lowest BCUT2D eigenvalue weighted by atomic mass is 10.2. The zero-order valence-electron chi connectivity index (χ0n) is 9.68. The lowest BCUT2D eigenvalue weighted by Gasteiger charge is -2.11. The van der Waals surface area contributed by atoms with Gasteiger partial charge in [-0.25, -0.2) is 0 Å². The summed E-state index contributed by atoms with van der Waals surface area (Å²) < 4.78 is 0. The first kappa shape index (κ1) is 12.2. The van der Waals surface area contributed by atoms with Crippen LogP contribution in [0, 0.1) is 13.8 Å². The second kappa shape index (κ2) is 5.28. The predicted molar refractivity (Wildman–Crippen MR) is 64.2 cm³/mol. The number of carbonyl (C=O) groups excluding carboxylic acids is 1. The Morgan fingerprint density at radius 1 is 1.53 bits per heavy atom. The summed E-state index contributed by atoms with van der Waals surface area (Å²) in [5, 5.41) is 5.82. The molecule has 0 aromatic carbocycles. The van der Waals surface area contributed by atoms with E-state index in [0.29, 0.717) is 0 Å². The van der Waals surface area contributed by atoms with Gasteiger partial charge in [0, 0.05) is 23.3 Å². The molecule has 0 radical (unpaired) electrons. The van der Waals surface area contributed by atoms with Crippen molar-refractivity contribution >= 4 is 17.2 Å². The van der Waals surface area contributed by atoms with Crippen LogP contribution in [-0.4, -0.2) is 19.0 Å². The minimum Gasteiger partial charge on any atom is -0.358 e. The third-order valence-corrected chi connectivity index (χ3v) is 3.39. The van der Waals surface area contributed by atoms with Gasteiger partial charge in [-0.1, -0.05) is 0 Å². The highest BCUT2D eigenvalue weighted by molar-refractivity contribution is 7.12. The number of aryl methyl sites for hydroxylation is 2. The number of hydrogen-bond donors (Lipinski definition) is 2. The second-order valence-electron chi connectivity index (χ2n) is 3.66. The van der Waals surface area contributed by atoms with Gasteiger partial charge in [-0.15, -0.1) is 11.3 Å². The fourth-order valence-corrected chi connectivity index (χ4v) is 2.38. The molecule has 1 rings (SSSR count). The standard InChI is InChI=1S/C11H18N2OS/c1-7-5-10(9(3)15-7)6-13-8(2)11(14)12-4/h5,8,13H,6H2,1-4H3,(H,12,14). The minimum atomic E-state index is -0.144. The smallest absolute Gasteiger partial charge is 0.236 e. The van der Waals surface area contributed by atoms with Gasteiger partial charge in [0.2, 0.25) is 5.91 Å². The molecule has 0 saturated heterocycles. The summed E-state index contributed by atoms with van der Waals surface area (Å²) in [6, 6.07) is 2.03. The predicted octanol–water partition coefficient (Wildman–Crippen LogP) is 1.59. The molecule has 0 fully saturated rings. The summed E-state index contributed by atoms with van der Waals surface area (Å²) in [4.78, 5) is 13.9. The maximum atomic E-state index is 11.3. The average molecular weight is 226 g/mol. The third-order valence-electron chi connectivity index (χ3n) is 2.38. The van der Waals surface area contributed by atoms with Crippen molar-refractivity contribution in [1.29, 1.82) is 0 Å². The molecular weight excluding hydrogens is 208 g/mol. The van der Waals surface area contributed by atoms with E-state index >= 15 is 0 Å². The molecule has 1 atom stereocenters. The molecule has 0 aliphatic rings. The van der Waals surface area contributed by atoms with E-state index in [1.54, 1.807) is 18.4 Å². The van der Waals surface area contributed by atoms with Crippen LogP contribution in [0.3, 0.4) is 0 Å². The van der Waals surface area contributed by atoms with Gasteiger partial charge in [0.1, 0.15) is 0 Å². The van der Waals surface area contributed by atoms with Gasteiger partial charge in [0.25, 0.3) is 0 Å². The molecule has 1 aromatic heterocycles. The Kier molecular flexibility index (Phi) is 4.29. The molecule has 1 amide bonds. The third kappa shape index (κ3) is 3.32. The van der Waals surface area contributed by atoms with E-state index in [9.17, 15) is 4.79 Å². The Hall–Kier alpha value is -0.870. The molecule has 2 N–H and O–H groups in total. The average Bonchev–Trinajstić information content (AvgIpc) is 2.52. The summed E-state index contributed by atoms with van der Waals surface area (Å²) in [6.45, 7) is 6.83. The number of thiophene rings is 1. The molecule has 0 saturated carbocycles. The Labute approximate surface area is 94.9 Å². The van der Waals surface area contributed by atoms with Crippen molar-refractivity contribution in [2.75, 3.05) is 7.05 Å². The van der Waals surface area contributed by atoms with E-state index in [4.69, 9.17) is 0 Å². The summed E-state index contributed by atoms with van der Waals surface area (Å²) in [7, 11) is 1.65. The second-order valence-corrected chi connectivity index (χ2v) is 5.12. The van der Waals surface area contributed by atoms with Crippen molar-refractivity contribution in [3.05, 3.63) is 21.4 Å². The number of carbonyl (C=O) groups is 1. The molecule has 0 aliphatic heterocycles. The van der Waals surface area contributed by atoms with E-state index in [2.05, 4.69) is 30.5 Å². The van der Waals surface area contributed by atoms with Crippen LogP contribution in [0.1, 0.15) is 22.2 Å². The summed E-state index contributed by atoms with van der Waals surface area (Å²) in [6.07, 6.45) is 0. The highest BCUT2D eigenvalue weighted by atomic mass is 32.1. The molecule has 84 valence electrons. The molecular formula is C11H18N2OS. The van der Waals surface area contributed by atoms with Crippen molar-refractivity contribution in [3.63, 3.8) is 0 Å². The Morgan fingerprint density at radius 3 is 2.67 bits per heavy atom. The number of rotatable bonds is 4. The first-order valence-corrected chi connectivity index (χ1v) is 5.87. The van der Waals surface area contributed by atoms with Gasteiger partial charge in [0.15, 0.2) is 0 Å². The van der Waals surface area contributed by atoms with Gasteiger partial charge < -0.3 is 10.6 Å².